The van der Waals surface area contributed by atoms with Gasteiger partial charge in [0.05, 0.1) is 5.72 Å². The highest BCUT2D eigenvalue weighted by Crippen LogP contribution is 2.39. The Balaban J connectivity index is 0.000000516. The number of aromatic nitrogens is 4. The zero-order chi connectivity index (χ0) is 12.5. The second-order valence-electron chi connectivity index (χ2n) is 4.05. The van der Waals surface area contributed by atoms with Crippen LogP contribution in [-0.4, -0.2) is 33.4 Å². The van der Waals surface area contributed by atoms with Gasteiger partial charge in [0.2, 0.25) is 5.88 Å². The molecule has 1 aliphatic carbocycles. The summed E-state index contributed by atoms with van der Waals surface area (Å²) in [7, 11) is 5.55. The molecule has 0 aliphatic heterocycles. The van der Waals surface area contributed by atoms with Crippen LogP contribution >= 0.6 is 0 Å². The van der Waals surface area contributed by atoms with Crippen molar-refractivity contribution in [2.75, 3.05) is 0 Å². The predicted octanol–water partition coefficient (Wildman–Crippen LogP) is 1.35. The fourth-order valence-corrected chi connectivity index (χ4v) is 1.41. The van der Waals surface area contributed by atoms with Gasteiger partial charge in [-0.2, -0.15) is 4.98 Å². The number of aromatic amines is 1. The summed E-state index contributed by atoms with van der Waals surface area (Å²) in [6, 6.07) is 0. The van der Waals surface area contributed by atoms with Crippen molar-refractivity contribution in [3.8, 4) is 5.88 Å². The Bertz CT molecular complexity index is 527. The molecule has 2 aromatic rings. The third kappa shape index (κ3) is 2.40. The van der Waals surface area contributed by atoms with Gasteiger partial charge in [0.1, 0.15) is 17.4 Å². The largest absolute Gasteiger partial charge is 0.470 e. The average Bonchev–Trinajstić information content (AvgIpc) is 2.90. The average molecular weight is 232 g/mol. The summed E-state index contributed by atoms with van der Waals surface area (Å²) in [5, 5.41) is 0. The van der Waals surface area contributed by atoms with E-state index in [-0.39, 0.29) is 7.03 Å². The van der Waals surface area contributed by atoms with Crippen LogP contribution in [0.25, 0.3) is 11.2 Å². The molecule has 5 nitrogen and oxygen atoms in total. The number of hydrogen-bond donors (Lipinski definition) is 1. The molecule has 2 heterocycles. The first-order valence-corrected chi connectivity index (χ1v) is 5.81. The second kappa shape index (κ2) is 4.35. The van der Waals surface area contributed by atoms with E-state index in [9.17, 15) is 0 Å². The number of ether oxygens (including phenoxy) is 1. The van der Waals surface area contributed by atoms with E-state index < -0.39 is 0 Å². The van der Waals surface area contributed by atoms with Crippen LogP contribution < -0.4 is 10.5 Å². The first kappa shape index (κ1) is 11.9. The molecule has 3 rings (SSSR count). The molecule has 1 fully saturated rings. The van der Waals surface area contributed by atoms with Crippen LogP contribution in [-0.2, 0) is 0 Å². The molecule has 90 valence electrons. The van der Waals surface area contributed by atoms with Crippen molar-refractivity contribution in [3.63, 3.8) is 0 Å². The molecular weight excluding hydrogens is 215 g/mol. The zero-order valence-corrected chi connectivity index (χ0v) is 10.3. The summed E-state index contributed by atoms with van der Waals surface area (Å²) in [5.74, 6) is 0.532. The Hall–Kier alpha value is -1.59. The molecule has 0 spiro atoms. The van der Waals surface area contributed by atoms with Gasteiger partial charge >= 0.3 is 0 Å². The molecule has 1 N–H and O–H groups in total. The van der Waals surface area contributed by atoms with E-state index in [4.69, 9.17) is 12.6 Å². The van der Waals surface area contributed by atoms with Gasteiger partial charge in [-0.25, -0.2) is 9.97 Å². The third-order valence-corrected chi connectivity index (χ3v) is 2.57. The summed E-state index contributed by atoms with van der Waals surface area (Å²) < 4.78 is 5.76. The third-order valence-electron chi connectivity index (χ3n) is 2.57. The Morgan fingerprint density at radius 2 is 2.12 bits per heavy atom. The first-order chi connectivity index (χ1) is 8.16. The number of H-pyrrole nitrogens is 1. The number of hydrogen-bond acceptors (Lipinski definition) is 4. The van der Waals surface area contributed by atoms with Gasteiger partial charge in [0, 0.05) is 1.43 Å². The lowest BCUT2D eigenvalue weighted by Crippen LogP contribution is -2.13. The van der Waals surface area contributed by atoms with Gasteiger partial charge in [-0.15, -0.1) is 0 Å². The van der Waals surface area contributed by atoms with Crippen LogP contribution in [0.4, 0.5) is 0 Å². The minimum absolute atomic E-state index is 0. The number of rotatable bonds is 2. The molecule has 0 amide bonds. The lowest BCUT2D eigenvalue weighted by atomic mass is 10.1. The maximum Gasteiger partial charge on any atom is 0.243 e. The number of nitrogens with zero attached hydrogens (tertiary/aromatic N) is 3. The normalized spacial score (nSPS) is 16.2. The van der Waals surface area contributed by atoms with Crippen molar-refractivity contribution in [3.05, 3.63) is 6.33 Å². The Kier molecular flexibility index (Phi) is 3.04. The van der Waals surface area contributed by atoms with Crippen molar-refractivity contribution in [1.29, 1.82) is 0 Å². The van der Waals surface area contributed by atoms with E-state index >= 15 is 0 Å². The zero-order valence-electron chi connectivity index (χ0n) is 10.3. The van der Waals surface area contributed by atoms with E-state index in [1.54, 1.807) is 0 Å². The fraction of sp³-hybridized carbons (Fsp3) is 0.545. The molecule has 2 aromatic heterocycles. The van der Waals surface area contributed by atoms with Gasteiger partial charge in [0.15, 0.2) is 13.5 Å². The van der Waals surface area contributed by atoms with E-state index in [1.165, 1.54) is 6.33 Å². The highest BCUT2D eigenvalue weighted by molar-refractivity contribution is 6.30. The lowest BCUT2D eigenvalue weighted by molar-refractivity contribution is 0.194. The van der Waals surface area contributed by atoms with Crippen LogP contribution in [0.1, 0.15) is 35.0 Å². The van der Waals surface area contributed by atoms with E-state index in [2.05, 4.69) is 26.9 Å². The molecule has 17 heavy (non-hydrogen) atoms. The molecule has 0 unspecified atom stereocenters. The molecule has 1 saturated carbocycles. The molecule has 0 bridgehead atoms. The van der Waals surface area contributed by atoms with E-state index in [1.807, 2.05) is 13.8 Å². The number of nitrogens with one attached hydrogen (secondary N) is 1. The van der Waals surface area contributed by atoms with Crippen molar-refractivity contribution < 1.29 is 6.16 Å². The van der Waals surface area contributed by atoms with Crippen molar-refractivity contribution in [2.45, 2.75) is 39.2 Å². The molecule has 1 aliphatic rings. The van der Waals surface area contributed by atoms with E-state index in [0.717, 1.165) is 12.8 Å². The topological polar surface area (TPSA) is 63.7 Å². The van der Waals surface area contributed by atoms with Gasteiger partial charge in [-0.1, -0.05) is 13.8 Å². The summed E-state index contributed by atoms with van der Waals surface area (Å²) in [6.07, 6.45) is 3.55. The van der Waals surface area contributed by atoms with E-state index in [0.29, 0.717) is 22.8 Å². The number of imidazole rings is 1. The maximum atomic E-state index is 5.76. The highest BCUT2D eigenvalue weighted by atomic mass is 16.5. The van der Waals surface area contributed by atoms with Crippen molar-refractivity contribution >= 4 is 24.7 Å². The minimum Gasteiger partial charge on any atom is -0.470 e. The van der Waals surface area contributed by atoms with Gasteiger partial charge in [-0.3, -0.25) is 0 Å². The summed E-state index contributed by atoms with van der Waals surface area (Å²) in [6.45, 7) is 6.06. The Morgan fingerprint density at radius 1 is 1.41 bits per heavy atom. The molecule has 0 aromatic carbocycles. The van der Waals surface area contributed by atoms with Crippen LogP contribution in [0.3, 0.4) is 0 Å². The van der Waals surface area contributed by atoms with Gasteiger partial charge < -0.3 is 9.72 Å². The minimum atomic E-state index is -0.0683. The quantitative estimate of drug-likeness (QED) is 0.794. The molecule has 6 heteroatoms. The SMILES string of the molecule is CC.[B]c1nc2ncnc(OC3(C)CC3)c2[nH]1.[HH]. The Morgan fingerprint density at radius 3 is 2.76 bits per heavy atom. The Labute approximate surface area is 103 Å². The maximum absolute atomic E-state index is 5.76. The van der Waals surface area contributed by atoms with Crippen LogP contribution in [0.15, 0.2) is 6.33 Å². The highest BCUT2D eigenvalue weighted by Gasteiger charge is 2.41. The molecular formula is C11H17BN4O. The monoisotopic (exact) mass is 232 g/mol. The van der Waals surface area contributed by atoms with Crippen LogP contribution in [0.2, 0.25) is 0 Å². The summed E-state index contributed by atoms with van der Waals surface area (Å²) in [4.78, 5) is 15.0. The van der Waals surface area contributed by atoms with Gasteiger partial charge in [-0.05, 0) is 19.8 Å². The number of fused-ring (bicyclic) bond motifs is 1. The van der Waals surface area contributed by atoms with Crippen molar-refractivity contribution in [2.24, 2.45) is 0 Å². The lowest BCUT2D eigenvalue weighted by Gasteiger charge is -2.11. The molecule has 0 saturated heterocycles. The first-order valence-electron chi connectivity index (χ1n) is 5.81. The summed E-state index contributed by atoms with van der Waals surface area (Å²) >= 11 is 0. The molecule has 2 radical (unpaired) electrons. The predicted molar refractivity (Wildman–Crippen MR) is 68.8 cm³/mol. The van der Waals surface area contributed by atoms with Crippen LogP contribution in [0, 0.1) is 0 Å². The van der Waals surface area contributed by atoms with Gasteiger partial charge in [0.25, 0.3) is 0 Å². The summed E-state index contributed by atoms with van der Waals surface area (Å²) in [5.41, 5.74) is 1.47. The fourth-order valence-electron chi connectivity index (χ4n) is 1.41. The van der Waals surface area contributed by atoms with Crippen LogP contribution in [0.5, 0.6) is 5.88 Å². The molecule has 0 atom stereocenters. The second-order valence-corrected chi connectivity index (χ2v) is 4.05. The standard InChI is InChI=1S/C9H9BN4O.C2H6.H2/c1-9(2-3-9)15-7-5-6(11-4-12-7)14-8(10)13-5;1-2;/h4H,2-3H2,1H3,(H,11,12,13,14);1-2H3;1H. The smallest absolute Gasteiger partial charge is 0.243 e. The van der Waals surface area contributed by atoms with Crippen molar-refractivity contribution in [1.82, 2.24) is 19.9 Å².